The first-order chi connectivity index (χ1) is 26.3. The molecule has 0 saturated carbocycles. The molecule has 1 aliphatic rings. The molecule has 4 aromatic rings. The summed E-state index contributed by atoms with van der Waals surface area (Å²) in [5.41, 5.74) is 1.36. The summed E-state index contributed by atoms with van der Waals surface area (Å²) in [4.78, 5) is 58.1. The van der Waals surface area contributed by atoms with Crippen LogP contribution in [0, 0.1) is 5.92 Å². The molecule has 5 rings (SSSR count). The number of esters is 1. The van der Waals surface area contributed by atoms with Gasteiger partial charge in [0.25, 0.3) is 0 Å². The van der Waals surface area contributed by atoms with E-state index in [-0.39, 0.29) is 44.8 Å². The minimum atomic E-state index is -0.953. The van der Waals surface area contributed by atoms with E-state index in [1.165, 1.54) is 9.80 Å². The third kappa shape index (κ3) is 11.3. The van der Waals surface area contributed by atoms with Gasteiger partial charge in [-0.2, -0.15) is 0 Å². The van der Waals surface area contributed by atoms with Crippen molar-refractivity contribution >= 4 is 34.6 Å². The molecule has 292 valence electrons. The van der Waals surface area contributed by atoms with Crippen molar-refractivity contribution in [3.63, 3.8) is 0 Å². The average Bonchev–Trinajstić information content (AvgIpc) is 3.17. The van der Waals surface area contributed by atoms with Crippen LogP contribution >= 0.6 is 0 Å². The van der Waals surface area contributed by atoms with Crippen LogP contribution < -0.4 is 10.1 Å². The largest absolute Gasteiger partial charge is 0.491 e. The lowest BCUT2D eigenvalue weighted by Crippen LogP contribution is -2.61. The van der Waals surface area contributed by atoms with Crippen molar-refractivity contribution in [2.75, 3.05) is 33.4 Å². The first kappa shape index (κ1) is 40.8. The Labute approximate surface area is 323 Å². The van der Waals surface area contributed by atoms with E-state index >= 15 is 0 Å². The molecule has 1 heterocycles. The van der Waals surface area contributed by atoms with Gasteiger partial charge in [-0.1, -0.05) is 105 Å². The maximum absolute atomic E-state index is 14.3. The molecule has 3 amide bonds. The van der Waals surface area contributed by atoms with Crippen LogP contribution in [0.1, 0.15) is 62.5 Å². The van der Waals surface area contributed by atoms with E-state index < -0.39 is 41.7 Å². The van der Waals surface area contributed by atoms with Gasteiger partial charge in [0.2, 0.25) is 11.8 Å². The maximum Gasteiger partial charge on any atom is 0.410 e. The van der Waals surface area contributed by atoms with E-state index in [1.54, 1.807) is 33.9 Å². The van der Waals surface area contributed by atoms with Gasteiger partial charge in [0.15, 0.2) is 0 Å². The maximum atomic E-state index is 14.3. The third-order valence-electron chi connectivity index (χ3n) is 9.26. The van der Waals surface area contributed by atoms with Crippen LogP contribution in [-0.2, 0) is 36.8 Å². The molecule has 1 N–H and O–H groups in total. The van der Waals surface area contributed by atoms with Crippen LogP contribution in [0.4, 0.5) is 4.79 Å². The van der Waals surface area contributed by atoms with Gasteiger partial charge in [-0.05, 0) is 67.5 Å². The molecule has 0 radical (unpaired) electrons. The van der Waals surface area contributed by atoms with Gasteiger partial charge in [0, 0.05) is 13.6 Å². The molecule has 11 nitrogen and oxygen atoms in total. The third-order valence-corrected chi connectivity index (χ3v) is 9.26. The van der Waals surface area contributed by atoms with Gasteiger partial charge in [-0.3, -0.25) is 14.5 Å². The first-order valence-corrected chi connectivity index (χ1v) is 18.8. The number of ether oxygens (including phenoxy) is 4. The average molecular weight is 752 g/mol. The van der Waals surface area contributed by atoms with Gasteiger partial charge in [-0.25, -0.2) is 9.59 Å². The summed E-state index contributed by atoms with van der Waals surface area (Å²) < 4.78 is 23.5. The molecule has 0 bridgehead atoms. The first-order valence-electron chi connectivity index (χ1n) is 18.8. The quantitative estimate of drug-likeness (QED) is 0.140. The number of rotatable bonds is 14. The van der Waals surface area contributed by atoms with Crippen molar-refractivity contribution in [3.8, 4) is 5.75 Å². The summed E-state index contributed by atoms with van der Waals surface area (Å²) in [6, 6.07) is 27.9. The van der Waals surface area contributed by atoms with Crippen LogP contribution in [0.25, 0.3) is 10.8 Å². The fraction of sp³-hybridized carbons (Fsp3) is 0.409. The van der Waals surface area contributed by atoms with Gasteiger partial charge in [0.05, 0.1) is 19.3 Å². The van der Waals surface area contributed by atoms with Crippen molar-refractivity contribution in [3.05, 3.63) is 114 Å². The number of carbonyl (C=O) groups is 4. The van der Waals surface area contributed by atoms with Crippen LogP contribution in [-0.4, -0.2) is 90.8 Å². The van der Waals surface area contributed by atoms with Gasteiger partial charge in [-0.15, -0.1) is 0 Å². The topological polar surface area (TPSA) is 124 Å². The number of morpholine rings is 1. The number of likely N-dealkylation sites (N-methyl/N-ethyl adjacent to an activating group) is 1. The van der Waals surface area contributed by atoms with Crippen molar-refractivity contribution < 1.29 is 38.1 Å². The fourth-order valence-electron chi connectivity index (χ4n) is 6.52. The lowest BCUT2D eigenvalue weighted by atomic mass is 10.00. The van der Waals surface area contributed by atoms with E-state index in [4.69, 9.17) is 18.9 Å². The second kappa shape index (κ2) is 18.8. The Kier molecular flexibility index (Phi) is 13.9. The molecule has 4 aromatic carbocycles. The second-order valence-corrected chi connectivity index (χ2v) is 15.3. The number of hydrogen-bond donors (Lipinski definition) is 1. The Balaban J connectivity index is 1.38. The standard InChI is InChI=1S/C44H53N3O8/c1-30(2)25-36(46(6)43(51)55-44(3,4)5)41(49)47-23-24-52-29-37(47)40(48)45-34(26-31-15-9-7-10-16-31)28-53-38-22-21-33-19-13-14-20-35(33)39(38)42(50)54-27-32-17-11-8-12-18-32/h7-22,30,34,36-37H,23-29H2,1-6H3,(H,45,48)/t34?,36?,37-/m1/s1. The number of benzene rings is 4. The molecule has 1 saturated heterocycles. The highest BCUT2D eigenvalue weighted by Gasteiger charge is 2.40. The molecule has 11 heteroatoms. The van der Waals surface area contributed by atoms with E-state index in [9.17, 15) is 19.2 Å². The molecule has 3 atom stereocenters. The molecule has 55 heavy (non-hydrogen) atoms. The molecule has 2 unspecified atom stereocenters. The smallest absolute Gasteiger partial charge is 0.410 e. The molecular weight excluding hydrogens is 698 g/mol. The zero-order valence-corrected chi connectivity index (χ0v) is 32.7. The Hall–Kier alpha value is -5.42. The zero-order valence-electron chi connectivity index (χ0n) is 32.7. The summed E-state index contributed by atoms with van der Waals surface area (Å²) in [5, 5.41) is 4.66. The SMILES string of the molecule is CC(C)CC(C(=O)N1CCOC[C@@H]1C(=O)NC(COc1ccc2ccccc2c1C(=O)OCc1ccccc1)Cc1ccccc1)N(C)C(=O)OC(C)(C)C. The number of amides is 3. The van der Waals surface area contributed by atoms with E-state index in [0.717, 1.165) is 16.5 Å². The lowest BCUT2D eigenvalue weighted by Gasteiger charge is -2.39. The number of fused-ring (bicyclic) bond motifs is 1. The Morgan fingerprint density at radius 1 is 0.891 bits per heavy atom. The van der Waals surface area contributed by atoms with Crippen molar-refractivity contribution in [1.29, 1.82) is 0 Å². The van der Waals surface area contributed by atoms with Crippen LogP contribution in [0.15, 0.2) is 97.1 Å². The Morgan fingerprint density at radius 2 is 1.55 bits per heavy atom. The summed E-state index contributed by atoms with van der Waals surface area (Å²) in [6.07, 6.45) is 0.178. The zero-order chi connectivity index (χ0) is 39.5. The van der Waals surface area contributed by atoms with E-state index in [1.807, 2.05) is 105 Å². The summed E-state index contributed by atoms with van der Waals surface area (Å²) in [7, 11) is 1.56. The number of nitrogens with zero attached hydrogens (tertiary/aromatic N) is 2. The predicted molar refractivity (Wildman–Crippen MR) is 211 cm³/mol. The normalized spacial score (nSPS) is 15.5. The minimum absolute atomic E-state index is 0.0107. The highest BCUT2D eigenvalue weighted by Crippen LogP contribution is 2.30. The van der Waals surface area contributed by atoms with Crippen molar-refractivity contribution in [1.82, 2.24) is 15.1 Å². The number of carbonyl (C=O) groups excluding carboxylic acids is 4. The Bertz CT molecular complexity index is 1910. The van der Waals surface area contributed by atoms with Crippen LogP contribution in [0.3, 0.4) is 0 Å². The summed E-state index contributed by atoms with van der Waals surface area (Å²) in [6.45, 7) is 9.80. The molecule has 0 aromatic heterocycles. The van der Waals surface area contributed by atoms with Gasteiger partial charge in [0.1, 0.15) is 42.2 Å². The minimum Gasteiger partial charge on any atom is -0.491 e. The van der Waals surface area contributed by atoms with Gasteiger partial charge < -0.3 is 29.2 Å². The monoisotopic (exact) mass is 751 g/mol. The van der Waals surface area contributed by atoms with Gasteiger partial charge >= 0.3 is 12.1 Å². The molecule has 0 aliphatic carbocycles. The molecule has 1 fully saturated rings. The second-order valence-electron chi connectivity index (χ2n) is 15.3. The number of hydrogen-bond acceptors (Lipinski definition) is 8. The van der Waals surface area contributed by atoms with Crippen LogP contribution in [0.2, 0.25) is 0 Å². The van der Waals surface area contributed by atoms with Crippen molar-refractivity contribution in [2.45, 2.75) is 77.8 Å². The van der Waals surface area contributed by atoms with Crippen LogP contribution in [0.5, 0.6) is 5.75 Å². The van der Waals surface area contributed by atoms with E-state index in [0.29, 0.717) is 29.5 Å². The highest BCUT2D eigenvalue weighted by atomic mass is 16.6. The molecular formula is C44H53N3O8. The van der Waals surface area contributed by atoms with E-state index in [2.05, 4.69) is 5.32 Å². The number of nitrogens with one attached hydrogen (secondary N) is 1. The fourth-order valence-corrected chi connectivity index (χ4v) is 6.52. The highest BCUT2D eigenvalue weighted by molar-refractivity contribution is 6.07. The predicted octanol–water partition coefficient (Wildman–Crippen LogP) is 6.81. The molecule has 1 aliphatic heterocycles. The lowest BCUT2D eigenvalue weighted by molar-refractivity contribution is -0.152. The summed E-state index contributed by atoms with van der Waals surface area (Å²) >= 11 is 0. The molecule has 0 spiro atoms. The van der Waals surface area contributed by atoms with Crippen molar-refractivity contribution in [2.24, 2.45) is 5.92 Å². The summed E-state index contributed by atoms with van der Waals surface area (Å²) in [5.74, 6) is -0.892. The Morgan fingerprint density at radius 3 is 2.22 bits per heavy atom.